The highest BCUT2D eigenvalue weighted by atomic mass is 127. The molecule has 0 saturated heterocycles. The summed E-state index contributed by atoms with van der Waals surface area (Å²) in [6.07, 6.45) is 0. The number of carboxylic acids is 1. The summed E-state index contributed by atoms with van der Waals surface area (Å²) in [6, 6.07) is 23.8. The highest BCUT2D eigenvalue weighted by molar-refractivity contribution is 5.89. The summed E-state index contributed by atoms with van der Waals surface area (Å²) in [5, 5.41) is 10.6. The predicted molar refractivity (Wildman–Crippen MR) is 105 cm³/mol. The highest BCUT2D eigenvalue weighted by Crippen LogP contribution is 2.33. The van der Waals surface area contributed by atoms with E-state index < -0.39 is 24.5 Å². The normalized spacial score (nSPS) is 11.8. The minimum atomic E-state index is -5.46. The van der Waals surface area contributed by atoms with Crippen LogP contribution in [0.2, 0.25) is 0 Å². The second kappa shape index (κ2) is 9.86. The number of carbonyl (C=O) groups is 1. The van der Waals surface area contributed by atoms with E-state index in [1.54, 1.807) is 0 Å². The average molecular weight is 576 g/mol. The molecule has 4 nitrogen and oxygen atoms in total. The van der Waals surface area contributed by atoms with Gasteiger partial charge in [-0.05, 0) is 36.4 Å². The predicted octanol–water partition coefficient (Wildman–Crippen LogP) is 1.05. The van der Waals surface area contributed by atoms with E-state index in [9.17, 15) is 36.6 Å². The molecule has 33 heavy (non-hydrogen) atoms. The molecule has 0 aliphatic carbocycles. The first-order chi connectivity index (χ1) is 15.6. The van der Waals surface area contributed by atoms with Crippen molar-refractivity contribution in [2.24, 2.45) is 0 Å². The van der Waals surface area contributed by atoms with Gasteiger partial charge in [-0.1, -0.05) is 30.3 Å². The summed E-state index contributed by atoms with van der Waals surface area (Å²) in [5.74, 6) is -14.0. The fourth-order valence-corrected chi connectivity index (χ4v) is 4.99. The number of fused-ring (bicyclic) bond motifs is 2. The van der Waals surface area contributed by atoms with E-state index in [2.05, 4.69) is 30.3 Å². The Kier molecular flexibility index (Phi) is 7.35. The number of benzene rings is 3. The number of carbonyl (C=O) groups excluding carboxylic acids is 1. The van der Waals surface area contributed by atoms with Crippen molar-refractivity contribution >= 4 is 27.9 Å². The molecule has 0 amide bonds. The van der Waals surface area contributed by atoms with E-state index in [4.69, 9.17) is 4.42 Å². The molecule has 172 valence electrons. The molecule has 0 saturated carbocycles. The van der Waals surface area contributed by atoms with Crippen LogP contribution in [0, 0.1) is 7.14 Å². The maximum atomic E-state index is 12.6. The lowest BCUT2D eigenvalue weighted by molar-refractivity contribution is -0.597. The largest absolute Gasteiger partial charge is 0.544 e. The summed E-state index contributed by atoms with van der Waals surface area (Å²) < 4.78 is 66.1. The molecule has 0 spiro atoms. The Bertz CT molecular complexity index is 1340. The molecule has 10 heteroatoms. The van der Waals surface area contributed by atoms with Gasteiger partial charge in [0.2, 0.25) is 5.43 Å². The van der Waals surface area contributed by atoms with Crippen LogP contribution < -0.4 is 31.7 Å². The number of aliphatic carboxylic acids is 1. The van der Waals surface area contributed by atoms with Gasteiger partial charge in [0.1, 0.15) is 17.1 Å². The monoisotopic (exact) mass is 576 g/mol. The quantitative estimate of drug-likeness (QED) is 0.203. The number of hydrogen-bond acceptors (Lipinski definition) is 4. The van der Waals surface area contributed by atoms with E-state index >= 15 is 0 Å². The van der Waals surface area contributed by atoms with Crippen molar-refractivity contribution in [1.82, 2.24) is 0 Å². The summed E-state index contributed by atoms with van der Waals surface area (Å²) in [5.41, 5.74) is 1.35. The van der Waals surface area contributed by atoms with E-state index in [0.29, 0.717) is 21.9 Å². The molecule has 0 unspecified atom stereocenters. The Morgan fingerprint density at radius 1 is 0.848 bits per heavy atom. The molecule has 0 N–H and O–H groups in total. The third kappa shape index (κ3) is 5.32. The zero-order valence-electron chi connectivity index (χ0n) is 16.5. The van der Waals surface area contributed by atoms with Crippen molar-refractivity contribution in [2.75, 3.05) is 6.67 Å². The maximum Gasteiger partial charge on any atom is 0.357 e. The molecule has 0 bridgehead atoms. The van der Waals surface area contributed by atoms with Gasteiger partial charge in [-0.15, -0.1) is 0 Å². The minimum Gasteiger partial charge on any atom is -0.544 e. The second-order valence-electron chi connectivity index (χ2n) is 6.66. The van der Waals surface area contributed by atoms with Crippen molar-refractivity contribution < 1.29 is 57.5 Å². The van der Waals surface area contributed by atoms with Crippen LogP contribution in [0.3, 0.4) is 0 Å². The summed E-state index contributed by atoms with van der Waals surface area (Å²) in [7, 11) is 0. The third-order valence-corrected chi connectivity index (χ3v) is 7.01. The van der Waals surface area contributed by atoms with Crippen LogP contribution in [-0.2, 0) is 4.79 Å². The molecule has 1 aromatic heterocycles. The Balaban J connectivity index is 0.000000239. The zero-order valence-corrected chi connectivity index (χ0v) is 18.7. The number of para-hydroxylation sites is 1. The molecule has 4 aromatic rings. The number of alkyl halides is 5. The molecule has 3 aromatic carbocycles. The van der Waals surface area contributed by atoms with Crippen molar-refractivity contribution in [3.8, 4) is 0 Å². The zero-order chi connectivity index (χ0) is 24.2. The molecule has 4 rings (SSSR count). The Labute approximate surface area is 193 Å². The van der Waals surface area contributed by atoms with Gasteiger partial charge in [0.25, 0.3) is 0 Å². The lowest BCUT2D eigenvalue weighted by atomic mass is 10.1. The van der Waals surface area contributed by atoms with Gasteiger partial charge in [-0.3, -0.25) is 4.79 Å². The Hall–Kier alpha value is -3.02. The molecule has 0 aliphatic heterocycles. The Morgan fingerprint density at radius 2 is 1.45 bits per heavy atom. The third-order valence-electron chi connectivity index (χ3n) is 4.37. The second-order valence-corrected chi connectivity index (χ2v) is 9.69. The van der Waals surface area contributed by atoms with Crippen LogP contribution in [0.1, 0.15) is 0 Å². The van der Waals surface area contributed by atoms with E-state index in [0.717, 1.165) is 0 Å². The van der Waals surface area contributed by atoms with E-state index in [1.807, 2.05) is 42.5 Å². The van der Waals surface area contributed by atoms with Crippen molar-refractivity contribution in [3.05, 3.63) is 90.2 Å². The lowest BCUT2D eigenvalue weighted by Crippen LogP contribution is -3.61. The molecule has 1 heterocycles. The van der Waals surface area contributed by atoms with Crippen LogP contribution in [-0.4, -0.2) is 24.5 Å². The first kappa shape index (κ1) is 24.6. The first-order valence-corrected chi connectivity index (χ1v) is 11.4. The topological polar surface area (TPSA) is 70.3 Å². The fraction of sp³-hybridized carbons (Fsp3) is 0.130. The lowest BCUT2D eigenvalue weighted by Gasteiger charge is -2.24. The summed E-state index contributed by atoms with van der Waals surface area (Å²) >= 11 is -0.284. The molecular formula is C23H14F5IO4. The smallest absolute Gasteiger partial charge is 0.357 e. The number of rotatable bonds is 5. The molecule has 0 aliphatic rings. The van der Waals surface area contributed by atoms with Crippen LogP contribution in [0.4, 0.5) is 22.0 Å². The minimum absolute atomic E-state index is 0.0516. The van der Waals surface area contributed by atoms with Gasteiger partial charge >= 0.3 is 33.1 Å². The van der Waals surface area contributed by atoms with Crippen molar-refractivity contribution in [3.63, 3.8) is 0 Å². The fourth-order valence-electron chi connectivity index (χ4n) is 2.67. The van der Waals surface area contributed by atoms with Crippen LogP contribution in [0.5, 0.6) is 0 Å². The van der Waals surface area contributed by atoms with E-state index in [1.165, 1.54) is 7.14 Å². The molecule has 0 atom stereocenters. The standard InChI is InChI=1S/C19H12IO2.C4H3F5O2/c21-19-15-8-4-5-9-17(15)22-18-11-10-14(12-16(18)19)20-13-6-2-1-3-7-13;5-1-3(6,7)4(8,9)2(10)11/h1-12H;1H2,(H,10,11)/q+1;/p-1. The van der Waals surface area contributed by atoms with Crippen LogP contribution in [0.15, 0.2) is 82.0 Å². The van der Waals surface area contributed by atoms with Crippen LogP contribution in [0.25, 0.3) is 21.9 Å². The summed E-state index contributed by atoms with van der Waals surface area (Å²) in [4.78, 5) is 22.0. The van der Waals surface area contributed by atoms with Gasteiger partial charge < -0.3 is 14.3 Å². The highest BCUT2D eigenvalue weighted by Gasteiger charge is 2.57. The number of hydrogen-bond donors (Lipinski definition) is 0. The van der Waals surface area contributed by atoms with E-state index in [-0.39, 0.29) is 26.6 Å². The summed E-state index contributed by atoms with van der Waals surface area (Å²) in [6.45, 7) is -2.74. The molecule has 0 fully saturated rings. The van der Waals surface area contributed by atoms with Gasteiger partial charge in [-0.2, -0.15) is 17.6 Å². The number of carboxylic acid groups (broad SMARTS) is 1. The SMILES string of the molecule is O=C([O-])C(F)(F)C(F)(F)CF.O=c1c2ccccc2oc2ccc([I+]c3ccccc3)cc12. The van der Waals surface area contributed by atoms with Gasteiger partial charge in [0.15, 0.2) is 13.8 Å². The first-order valence-electron chi connectivity index (χ1n) is 9.25. The van der Waals surface area contributed by atoms with Gasteiger partial charge in [0.05, 0.1) is 10.8 Å². The van der Waals surface area contributed by atoms with Gasteiger partial charge in [0, 0.05) is 6.07 Å². The van der Waals surface area contributed by atoms with Crippen LogP contribution >= 0.6 is 0 Å². The average Bonchev–Trinajstić information content (AvgIpc) is 2.80. The molecular weight excluding hydrogens is 562 g/mol. The van der Waals surface area contributed by atoms with Crippen molar-refractivity contribution in [2.45, 2.75) is 11.8 Å². The molecule has 0 radical (unpaired) electrons. The number of halogens is 6. The Morgan fingerprint density at radius 3 is 2.06 bits per heavy atom. The van der Waals surface area contributed by atoms with Gasteiger partial charge in [-0.25, -0.2) is 4.39 Å². The van der Waals surface area contributed by atoms with Crippen molar-refractivity contribution in [1.29, 1.82) is 0 Å². The maximum absolute atomic E-state index is 12.6.